The molecule has 0 bridgehead atoms. The molecule has 1 N–H and O–H groups in total. The van der Waals surface area contributed by atoms with E-state index < -0.39 is 11.5 Å². The van der Waals surface area contributed by atoms with Gasteiger partial charge < -0.3 is 19.4 Å². The average molecular weight is 391 g/mol. The van der Waals surface area contributed by atoms with Crippen LogP contribution in [-0.4, -0.2) is 20.2 Å². The molecule has 2 aromatic rings. The van der Waals surface area contributed by atoms with Crippen molar-refractivity contribution in [2.75, 3.05) is 14.2 Å². The zero-order valence-corrected chi connectivity index (χ0v) is 14.7. The molecule has 0 saturated heterocycles. The summed E-state index contributed by atoms with van der Waals surface area (Å²) in [5, 5.41) is 19.3. The van der Waals surface area contributed by atoms with Crippen LogP contribution in [0.25, 0.3) is 6.08 Å². The van der Waals surface area contributed by atoms with Gasteiger partial charge in [0.2, 0.25) is 0 Å². The van der Waals surface area contributed by atoms with Gasteiger partial charge in [0.1, 0.15) is 6.07 Å². The highest BCUT2D eigenvalue weighted by Gasteiger charge is 2.09. The maximum absolute atomic E-state index is 10.7. The molecule has 1 aromatic carbocycles. The summed E-state index contributed by atoms with van der Waals surface area (Å²) in [6.45, 7) is 0. The fraction of sp³-hybridized carbons (Fsp3) is 0.118. The number of halogens is 1. The Kier molecular flexibility index (Phi) is 8.02. The third kappa shape index (κ3) is 5.74. The van der Waals surface area contributed by atoms with Crippen molar-refractivity contribution < 1.29 is 24.4 Å². The Bertz CT molecular complexity index is 728. The van der Waals surface area contributed by atoms with Crippen molar-refractivity contribution in [3.8, 4) is 17.6 Å². The summed E-state index contributed by atoms with van der Waals surface area (Å²) < 4.78 is 10.7. The van der Waals surface area contributed by atoms with E-state index >= 15 is 0 Å². The number of aromatic nitrogens is 1. The van der Waals surface area contributed by atoms with E-state index in [1.807, 2.05) is 30.6 Å². The van der Waals surface area contributed by atoms with Crippen molar-refractivity contribution in [3.63, 3.8) is 0 Å². The second-order valence-corrected chi connectivity index (χ2v) is 5.12. The number of aliphatic carboxylic acids is 1. The van der Waals surface area contributed by atoms with Crippen LogP contribution >= 0.6 is 15.9 Å². The second-order valence-electron chi connectivity index (χ2n) is 4.26. The third-order valence-corrected chi connectivity index (χ3v) is 3.44. The lowest BCUT2D eigenvalue weighted by Gasteiger charge is -2.10. The van der Waals surface area contributed by atoms with Gasteiger partial charge in [0.15, 0.2) is 23.9 Å². The molecule has 0 radical (unpaired) electrons. The zero-order chi connectivity index (χ0) is 17.9. The number of hydrogen-bond acceptors (Lipinski definition) is 5. The number of carboxylic acids is 1. The van der Waals surface area contributed by atoms with Crippen molar-refractivity contribution in [1.29, 1.82) is 5.26 Å². The standard InChI is InChI=1S/C12H10BrNO4.C5H5N/c1-17-10-4-7(3-8(6-14)12(15)16)9(13)5-11(10)18-2;1-2-4-6-5-3-1/h3-5H,1-2H3,(H,15,16);1-5H/b8-3+;. The Hall–Kier alpha value is -2.85. The van der Waals surface area contributed by atoms with Crippen molar-refractivity contribution in [2.45, 2.75) is 0 Å². The van der Waals surface area contributed by atoms with Crippen LogP contribution in [-0.2, 0) is 4.79 Å². The molecule has 24 heavy (non-hydrogen) atoms. The van der Waals surface area contributed by atoms with Crippen molar-refractivity contribution in [1.82, 2.24) is 0 Å². The molecule has 0 amide bonds. The summed E-state index contributed by atoms with van der Waals surface area (Å²) in [5.41, 5.74) is 0.0105. The highest BCUT2D eigenvalue weighted by molar-refractivity contribution is 9.10. The number of nitriles is 1. The molecule has 1 aromatic heterocycles. The molecule has 0 unspecified atom stereocenters. The predicted octanol–water partition coefficient (Wildman–Crippen LogP) is 1.62. The number of benzene rings is 1. The fourth-order valence-electron chi connectivity index (χ4n) is 1.61. The van der Waals surface area contributed by atoms with Gasteiger partial charge in [0.25, 0.3) is 0 Å². The minimum atomic E-state index is -1.53. The lowest BCUT2D eigenvalue weighted by atomic mass is 10.1. The SMILES string of the molecule is COc1cc(Br)c(/C=C(\C#N)C(=O)[O-])cc1OC.c1cc[nH+]cc1. The lowest BCUT2D eigenvalue weighted by Crippen LogP contribution is -2.23. The van der Waals surface area contributed by atoms with E-state index in [4.69, 9.17) is 14.7 Å². The van der Waals surface area contributed by atoms with Crippen molar-refractivity contribution >= 4 is 28.0 Å². The molecule has 7 heteroatoms. The first-order valence-corrected chi connectivity index (χ1v) is 7.48. The quantitative estimate of drug-likeness (QED) is 0.583. The molecule has 0 aliphatic heterocycles. The van der Waals surface area contributed by atoms with E-state index in [9.17, 15) is 9.90 Å². The van der Waals surface area contributed by atoms with Crippen LogP contribution in [0, 0.1) is 11.3 Å². The van der Waals surface area contributed by atoms with E-state index in [2.05, 4.69) is 20.9 Å². The number of carboxylic acid groups (broad SMARTS) is 1. The van der Waals surface area contributed by atoms with E-state index in [0.717, 1.165) is 0 Å². The van der Waals surface area contributed by atoms with Gasteiger partial charge >= 0.3 is 0 Å². The van der Waals surface area contributed by atoms with Gasteiger partial charge in [0.05, 0.1) is 25.8 Å². The summed E-state index contributed by atoms with van der Waals surface area (Å²) in [6.07, 6.45) is 4.95. The maximum Gasteiger partial charge on any atom is 0.166 e. The summed E-state index contributed by atoms with van der Waals surface area (Å²) in [6, 6.07) is 10.6. The number of carbonyl (C=O) groups is 1. The summed E-state index contributed by atoms with van der Waals surface area (Å²) in [5.74, 6) is -0.602. The first-order chi connectivity index (χ1) is 11.5. The number of H-pyrrole nitrogens is 1. The summed E-state index contributed by atoms with van der Waals surface area (Å²) in [4.78, 5) is 13.5. The smallest absolute Gasteiger partial charge is 0.166 e. The van der Waals surface area contributed by atoms with Crippen LogP contribution in [0.15, 0.2) is 52.8 Å². The van der Waals surface area contributed by atoms with E-state index in [-0.39, 0.29) is 0 Å². The Morgan fingerprint density at radius 2 is 1.79 bits per heavy atom. The van der Waals surface area contributed by atoms with Gasteiger partial charge in [0, 0.05) is 16.6 Å². The highest BCUT2D eigenvalue weighted by Crippen LogP contribution is 2.34. The van der Waals surface area contributed by atoms with Gasteiger partial charge in [-0.15, -0.1) is 0 Å². The number of ether oxygens (including phenoxy) is 2. The molecule has 1 heterocycles. The zero-order valence-electron chi connectivity index (χ0n) is 13.1. The van der Waals surface area contributed by atoms with E-state index in [1.54, 1.807) is 18.2 Å². The molecule has 6 nitrogen and oxygen atoms in total. The van der Waals surface area contributed by atoms with Crippen molar-refractivity contribution in [2.24, 2.45) is 0 Å². The van der Waals surface area contributed by atoms with Crippen LogP contribution in [0.1, 0.15) is 5.56 Å². The number of hydrogen-bond donors (Lipinski definition) is 0. The topological polar surface area (TPSA) is 96.5 Å². The maximum atomic E-state index is 10.7. The van der Waals surface area contributed by atoms with Crippen LogP contribution in [0.4, 0.5) is 0 Å². The number of nitrogens with one attached hydrogen (secondary N) is 1. The predicted molar refractivity (Wildman–Crippen MR) is 88.8 cm³/mol. The number of aromatic amines is 1. The van der Waals surface area contributed by atoms with Crippen LogP contribution in [0.3, 0.4) is 0 Å². The van der Waals surface area contributed by atoms with Crippen LogP contribution in [0.5, 0.6) is 11.5 Å². The Morgan fingerprint density at radius 3 is 2.17 bits per heavy atom. The highest BCUT2D eigenvalue weighted by atomic mass is 79.9. The monoisotopic (exact) mass is 390 g/mol. The van der Waals surface area contributed by atoms with E-state index in [0.29, 0.717) is 21.5 Å². The van der Waals surface area contributed by atoms with Gasteiger partial charge in [-0.25, -0.2) is 4.98 Å². The van der Waals surface area contributed by atoms with Crippen molar-refractivity contribution in [3.05, 3.63) is 58.3 Å². The molecule has 0 atom stereocenters. The molecular formula is C17H15BrN2O4. The van der Waals surface area contributed by atoms with Gasteiger partial charge in [-0.2, -0.15) is 5.26 Å². The minimum Gasteiger partial charge on any atom is -0.544 e. The van der Waals surface area contributed by atoms with E-state index in [1.165, 1.54) is 20.3 Å². The number of carbonyl (C=O) groups excluding carboxylic acids is 1. The largest absolute Gasteiger partial charge is 0.544 e. The van der Waals surface area contributed by atoms with Gasteiger partial charge in [-0.05, 0) is 23.8 Å². The first-order valence-electron chi connectivity index (χ1n) is 6.69. The molecule has 2 rings (SSSR count). The molecule has 0 aliphatic carbocycles. The third-order valence-electron chi connectivity index (χ3n) is 2.75. The van der Waals surface area contributed by atoms with Crippen LogP contribution < -0.4 is 19.6 Å². The average Bonchev–Trinajstić information content (AvgIpc) is 2.62. The molecule has 124 valence electrons. The summed E-state index contributed by atoms with van der Waals surface area (Å²) in [7, 11) is 2.95. The number of nitrogens with zero attached hydrogens (tertiary/aromatic N) is 1. The Labute approximate surface area is 148 Å². The minimum absolute atomic E-state index is 0.433. The molecular weight excluding hydrogens is 376 g/mol. The normalized spacial score (nSPS) is 10.0. The Balaban J connectivity index is 0.000000400. The number of pyridine rings is 1. The summed E-state index contributed by atoms with van der Waals surface area (Å²) >= 11 is 3.26. The molecule has 0 aliphatic rings. The lowest BCUT2D eigenvalue weighted by molar-refractivity contribution is -0.377. The number of rotatable bonds is 4. The molecule has 0 spiro atoms. The molecule has 0 fully saturated rings. The van der Waals surface area contributed by atoms with Gasteiger partial charge in [-0.3, -0.25) is 0 Å². The van der Waals surface area contributed by atoms with Gasteiger partial charge in [-0.1, -0.05) is 22.0 Å². The second kappa shape index (κ2) is 10.0. The van der Waals surface area contributed by atoms with Crippen LogP contribution in [0.2, 0.25) is 0 Å². The number of methoxy groups -OCH3 is 2. The Morgan fingerprint density at radius 1 is 1.21 bits per heavy atom. The molecule has 0 saturated carbocycles. The fourth-order valence-corrected chi connectivity index (χ4v) is 2.05. The first kappa shape index (κ1) is 19.2.